The minimum atomic E-state index is -0.172. The van der Waals surface area contributed by atoms with Gasteiger partial charge in [-0.05, 0) is 38.9 Å². The maximum Gasteiger partial charge on any atom is 0.271 e. The van der Waals surface area contributed by atoms with Crippen molar-refractivity contribution < 1.29 is 4.79 Å². The van der Waals surface area contributed by atoms with Gasteiger partial charge in [-0.1, -0.05) is 29.8 Å². The van der Waals surface area contributed by atoms with Crippen LogP contribution in [-0.4, -0.2) is 40.9 Å². The van der Waals surface area contributed by atoms with E-state index in [4.69, 9.17) is 0 Å². The molecule has 126 valence electrons. The number of nitrogens with zero attached hydrogens (tertiary/aromatic N) is 3. The zero-order valence-corrected chi connectivity index (χ0v) is 14.3. The van der Waals surface area contributed by atoms with Crippen LogP contribution >= 0.6 is 0 Å². The Labute approximate surface area is 143 Å². The Morgan fingerprint density at radius 1 is 1.29 bits per heavy atom. The van der Waals surface area contributed by atoms with E-state index < -0.39 is 0 Å². The number of carbonyl (C=O) groups is 1. The van der Waals surface area contributed by atoms with Crippen molar-refractivity contribution in [3.63, 3.8) is 0 Å². The van der Waals surface area contributed by atoms with Crippen LogP contribution in [0.15, 0.2) is 36.7 Å². The normalized spacial score (nSPS) is 18.3. The van der Waals surface area contributed by atoms with Gasteiger partial charge in [-0.3, -0.25) is 9.78 Å². The zero-order valence-electron chi connectivity index (χ0n) is 14.3. The van der Waals surface area contributed by atoms with E-state index in [1.54, 1.807) is 12.4 Å². The summed E-state index contributed by atoms with van der Waals surface area (Å²) in [5, 5.41) is 2.92. The number of likely N-dealkylation sites (N-methyl/N-ethyl adjacent to an activating group) is 1. The average Bonchev–Trinajstić information content (AvgIpc) is 2.61. The Kier molecular flexibility index (Phi) is 5.20. The predicted molar refractivity (Wildman–Crippen MR) is 93.9 cm³/mol. The standard InChI is InChI=1S/C19H24N4O/c1-14-5-7-15(8-6-14)10-21-19(24)18-12-20-11-17(22-18)16-4-3-9-23(2)13-16/h5-8,11-12,16H,3-4,9-10,13H2,1-2H3,(H,21,24). The van der Waals surface area contributed by atoms with Gasteiger partial charge < -0.3 is 10.2 Å². The maximum absolute atomic E-state index is 12.4. The first kappa shape index (κ1) is 16.6. The number of nitrogens with one attached hydrogen (secondary N) is 1. The van der Waals surface area contributed by atoms with Crippen LogP contribution in [0.4, 0.5) is 0 Å². The van der Waals surface area contributed by atoms with Crippen molar-refractivity contribution >= 4 is 5.91 Å². The van der Waals surface area contributed by atoms with Crippen molar-refractivity contribution in [3.05, 3.63) is 59.2 Å². The Morgan fingerprint density at radius 3 is 2.83 bits per heavy atom. The largest absolute Gasteiger partial charge is 0.347 e. The molecular formula is C19H24N4O. The van der Waals surface area contributed by atoms with Gasteiger partial charge in [0.1, 0.15) is 5.69 Å². The molecule has 24 heavy (non-hydrogen) atoms. The molecule has 1 aromatic heterocycles. The van der Waals surface area contributed by atoms with E-state index in [9.17, 15) is 4.79 Å². The Hall–Kier alpha value is -2.27. The number of hydrogen-bond donors (Lipinski definition) is 1. The molecule has 1 fully saturated rings. The number of carbonyl (C=O) groups excluding carboxylic acids is 1. The lowest BCUT2D eigenvalue weighted by atomic mass is 9.95. The van der Waals surface area contributed by atoms with Gasteiger partial charge in [0.2, 0.25) is 0 Å². The van der Waals surface area contributed by atoms with Crippen molar-refractivity contribution in [1.82, 2.24) is 20.2 Å². The highest BCUT2D eigenvalue weighted by atomic mass is 16.1. The SMILES string of the molecule is Cc1ccc(CNC(=O)c2cncc(C3CCCN(C)C3)n2)cc1. The Balaban J connectivity index is 1.64. The lowest BCUT2D eigenvalue weighted by Crippen LogP contribution is -2.32. The van der Waals surface area contributed by atoms with E-state index in [0.29, 0.717) is 18.2 Å². The molecule has 0 aliphatic carbocycles. The van der Waals surface area contributed by atoms with Gasteiger partial charge >= 0.3 is 0 Å². The number of amides is 1. The van der Waals surface area contributed by atoms with Crippen LogP contribution in [0.2, 0.25) is 0 Å². The minimum absolute atomic E-state index is 0.172. The highest BCUT2D eigenvalue weighted by Gasteiger charge is 2.21. The summed E-state index contributed by atoms with van der Waals surface area (Å²) in [5.74, 6) is 0.190. The third kappa shape index (κ3) is 4.17. The van der Waals surface area contributed by atoms with Gasteiger partial charge in [0, 0.05) is 25.2 Å². The molecule has 1 atom stereocenters. The number of benzene rings is 1. The van der Waals surface area contributed by atoms with Crippen LogP contribution in [0.25, 0.3) is 0 Å². The van der Waals surface area contributed by atoms with Gasteiger partial charge in [0.15, 0.2) is 0 Å². The molecule has 1 aliphatic rings. The smallest absolute Gasteiger partial charge is 0.271 e. The quantitative estimate of drug-likeness (QED) is 0.939. The molecule has 1 N–H and O–H groups in total. The number of piperidine rings is 1. The van der Waals surface area contributed by atoms with Gasteiger partial charge in [-0.15, -0.1) is 0 Å². The second-order valence-corrected chi connectivity index (χ2v) is 6.60. The molecule has 1 saturated heterocycles. The van der Waals surface area contributed by atoms with E-state index >= 15 is 0 Å². The molecule has 5 nitrogen and oxygen atoms in total. The zero-order chi connectivity index (χ0) is 16.9. The summed E-state index contributed by atoms with van der Waals surface area (Å²) in [5.41, 5.74) is 3.60. The van der Waals surface area contributed by atoms with E-state index in [-0.39, 0.29) is 5.91 Å². The summed E-state index contributed by atoms with van der Waals surface area (Å²) in [6, 6.07) is 8.13. The van der Waals surface area contributed by atoms with Gasteiger partial charge in [-0.25, -0.2) is 4.98 Å². The van der Waals surface area contributed by atoms with Crippen molar-refractivity contribution in [2.45, 2.75) is 32.2 Å². The fourth-order valence-electron chi connectivity index (χ4n) is 3.07. The molecular weight excluding hydrogens is 300 g/mol. The Bertz CT molecular complexity index is 699. The second kappa shape index (κ2) is 7.53. The topological polar surface area (TPSA) is 58.1 Å². The van der Waals surface area contributed by atoms with Crippen molar-refractivity contribution in [2.75, 3.05) is 20.1 Å². The molecule has 2 aromatic rings. The van der Waals surface area contributed by atoms with Gasteiger partial charge in [-0.2, -0.15) is 0 Å². The molecule has 0 spiro atoms. The molecule has 0 radical (unpaired) electrons. The van der Waals surface area contributed by atoms with Crippen LogP contribution in [-0.2, 0) is 6.54 Å². The molecule has 5 heteroatoms. The summed E-state index contributed by atoms with van der Waals surface area (Å²) in [4.78, 5) is 23.5. The first-order valence-electron chi connectivity index (χ1n) is 8.46. The second-order valence-electron chi connectivity index (χ2n) is 6.60. The number of aryl methyl sites for hydroxylation is 1. The first-order chi connectivity index (χ1) is 11.6. The number of aromatic nitrogens is 2. The van der Waals surface area contributed by atoms with Crippen LogP contribution in [0.5, 0.6) is 0 Å². The predicted octanol–water partition coefficient (Wildman–Crippen LogP) is 2.52. The average molecular weight is 324 g/mol. The molecule has 2 heterocycles. The van der Waals surface area contributed by atoms with Crippen molar-refractivity contribution in [2.24, 2.45) is 0 Å². The highest BCUT2D eigenvalue weighted by molar-refractivity contribution is 5.91. The molecule has 1 aromatic carbocycles. The number of rotatable bonds is 4. The summed E-state index contributed by atoms with van der Waals surface area (Å²) in [6.45, 7) is 4.65. The fraction of sp³-hybridized carbons (Fsp3) is 0.421. The molecule has 3 rings (SSSR count). The van der Waals surface area contributed by atoms with Gasteiger partial charge in [0.05, 0.1) is 11.9 Å². The highest BCUT2D eigenvalue weighted by Crippen LogP contribution is 2.24. The summed E-state index contributed by atoms with van der Waals surface area (Å²) in [7, 11) is 2.12. The fourth-order valence-corrected chi connectivity index (χ4v) is 3.07. The van der Waals surface area contributed by atoms with E-state index in [2.05, 4.69) is 27.2 Å². The first-order valence-corrected chi connectivity index (χ1v) is 8.46. The van der Waals surface area contributed by atoms with E-state index in [1.807, 2.05) is 31.2 Å². The molecule has 1 amide bonds. The maximum atomic E-state index is 12.4. The molecule has 1 aliphatic heterocycles. The van der Waals surface area contributed by atoms with Crippen LogP contribution in [0, 0.1) is 6.92 Å². The number of likely N-dealkylation sites (tertiary alicyclic amines) is 1. The van der Waals surface area contributed by atoms with Crippen molar-refractivity contribution in [1.29, 1.82) is 0 Å². The lowest BCUT2D eigenvalue weighted by molar-refractivity contribution is 0.0945. The van der Waals surface area contributed by atoms with Crippen molar-refractivity contribution in [3.8, 4) is 0 Å². The Morgan fingerprint density at radius 2 is 2.08 bits per heavy atom. The van der Waals surface area contributed by atoms with Crippen LogP contribution < -0.4 is 5.32 Å². The summed E-state index contributed by atoms with van der Waals surface area (Å²) < 4.78 is 0. The number of hydrogen-bond acceptors (Lipinski definition) is 4. The van der Waals surface area contributed by atoms with Gasteiger partial charge in [0.25, 0.3) is 5.91 Å². The van der Waals surface area contributed by atoms with Crippen LogP contribution in [0.3, 0.4) is 0 Å². The minimum Gasteiger partial charge on any atom is -0.347 e. The molecule has 1 unspecified atom stereocenters. The third-order valence-corrected chi connectivity index (χ3v) is 4.50. The molecule has 0 saturated carbocycles. The third-order valence-electron chi connectivity index (χ3n) is 4.50. The lowest BCUT2D eigenvalue weighted by Gasteiger charge is -2.29. The summed E-state index contributed by atoms with van der Waals surface area (Å²) in [6.07, 6.45) is 5.60. The van der Waals surface area contributed by atoms with E-state index in [0.717, 1.165) is 37.2 Å². The summed E-state index contributed by atoms with van der Waals surface area (Å²) >= 11 is 0. The molecule has 0 bridgehead atoms. The van der Waals surface area contributed by atoms with Crippen LogP contribution in [0.1, 0.15) is 46.1 Å². The monoisotopic (exact) mass is 324 g/mol. The van der Waals surface area contributed by atoms with E-state index in [1.165, 1.54) is 5.56 Å².